The van der Waals surface area contributed by atoms with Crippen LogP contribution in [0.1, 0.15) is 0 Å². The average molecular weight is 705 g/mol. The molecule has 0 radical (unpaired) electrons. The first kappa shape index (κ1) is 28.2. The number of nitrogens with zero attached hydrogens (tertiary/aromatic N) is 1. The molecule has 6 aromatic rings. The Morgan fingerprint density at radius 1 is 0.487 bits per heavy atom. The van der Waals surface area contributed by atoms with Gasteiger partial charge in [-0.1, -0.05) is 78.9 Å². The third-order valence-corrected chi connectivity index (χ3v) is 8.83. The predicted octanol–water partition coefficient (Wildman–Crippen LogP) is 7.10. The van der Waals surface area contributed by atoms with E-state index in [0.717, 1.165) is 22.5 Å². The van der Waals surface area contributed by atoms with Gasteiger partial charge in [0.15, 0.2) is 0 Å². The first-order valence-electron chi connectivity index (χ1n) is 12.6. The summed E-state index contributed by atoms with van der Waals surface area (Å²) in [6.45, 7) is 0. The molecule has 4 heteroatoms. The number of phenols is 1. The molecule has 2 nitrogen and oxygen atoms in total. The van der Waals surface area contributed by atoms with Gasteiger partial charge in [0.2, 0.25) is 0 Å². The van der Waals surface area contributed by atoms with Crippen LogP contribution in [-0.4, -0.2) is 10.1 Å². The second-order valence-corrected chi connectivity index (χ2v) is 11.2. The molecule has 0 fully saturated rings. The fraction of sp³-hybridized carbons (Fsp3) is 0. The number of hydrogen-bond acceptors (Lipinski definition) is 2. The van der Waals surface area contributed by atoms with Gasteiger partial charge >= 0.3 is 0 Å². The summed E-state index contributed by atoms with van der Waals surface area (Å²) in [6, 6.07) is 56.3. The van der Waals surface area contributed by atoms with E-state index < -0.39 is 7.92 Å². The maximum absolute atomic E-state index is 9.88. The van der Waals surface area contributed by atoms with Gasteiger partial charge in [-0.05, 0) is 60.3 Å². The van der Waals surface area contributed by atoms with Crippen LogP contribution in [0.5, 0.6) is 5.75 Å². The number of aromatic hydroxyl groups is 1. The normalized spacial score (nSPS) is 10.2. The zero-order chi connectivity index (χ0) is 26.0. The van der Waals surface area contributed by atoms with Crippen LogP contribution in [0.4, 0.5) is 0 Å². The van der Waals surface area contributed by atoms with E-state index in [1.807, 2.05) is 54.6 Å². The van der Waals surface area contributed by atoms with E-state index >= 15 is 0 Å². The van der Waals surface area contributed by atoms with Crippen LogP contribution in [0, 0.1) is 6.07 Å². The molecule has 0 aliphatic rings. The Bertz CT molecular complexity index is 1470. The van der Waals surface area contributed by atoms with Crippen LogP contribution in [0.2, 0.25) is 0 Å². The average Bonchev–Trinajstić information content (AvgIpc) is 3.00. The van der Waals surface area contributed by atoms with E-state index in [-0.39, 0.29) is 26.8 Å². The van der Waals surface area contributed by atoms with Gasteiger partial charge in [0, 0.05) is 26.6 Å². The molecule has 0 aliphatic heterocycles. The van der Waals surface area contributed by atoms with Gasteiger partial charge in [-0.25, -0.2) is 0 Å². The van der Waals surface area contributed by atoms with E-state index in [9.17, 15) is 5.11 Å². The summed E-state index contributed by atoms with van der Waals surface area (Å²) in [5.41, 5.74) is 3.29. The smallest absolute Gasteiger partial charge is 0.124 e. The molecule has 0 spiro atoms. The molecule has 1 aromatic heterocycles. The zero-order valence-corrected chi connectivity index (χ0v) is 24.5. The van der Waals surface area contributed by atoms with Crippen molar-refractivity contribution in [3.8, 4) is 28.3 Å². The number of pyridine rings is 1. The Morgan fingerprint density at radius 2 is 0.974 bits per heavy atom. The largest absolute Gasteiger partial charge is 0.507 e. The summed E-state index contributed by atoms with van der Waals surface area (Å²) < 4.78 is 0. The minimum absolute atomic E-state index is 0. The van der Waals surface area contributed by atoms with Gasteiger partial charge in [0.25, 0.3) is 0 Å². The number of para-hydroxylation sites is 1. The topological polar surface area (TPSA) is 33.1 Å². The van der Waals surface area contributed by atoms with Crippen molar-refractivity contribution in [1.29, 1.82) is 0 Å². The summed E-state index contributed by atoms with van der Waals surface area (Å²) in [6.07, 6.45) is 0. The van der Waals surface area contributed by atoms with E-state index in [1.165, 1.54) is 15.9 Å². The number of phenolic OH excluding ortho intramolecular Hbond substituents is 1. The number of aromatic nitrogens is 1. The molecule has 0 amide bonds. The van der Waals surface area contributed by atoms with Crippen molar-refractivity contribution in [2.75, 3.05) is 0 Å². The summed E-state index contributed by atoms with van der Waals surface area (Å²) in [5, 5.41) is 14.2. The summed E-state index contributed by atoms with van der Waals surface area (Å²) in [5.74, 6) is 0.240. The predicted molar refractivity (Wildman–Crippen MR) is 162 cm³/mol. The molecule has 0 atom stereocenters. The minimum Gasteiger partial charge on any atom is -0.507 e. The summed E-state index contributed by atoms with van der Waals surface area (Å²) >= 11 is 0. The third kappa shape index (κ3) is 7.39. The van der Waals surface area contributed by atoms with Gasteiger partial charge in [-0.15, -0.1) is 35.9 Å². The Balaban J connectivity index is 0.000000176. The van der Waals surface area contributed by atoms with Crippen molar-refractivity contribution in [2.24, 2.45) is 0 Å². The van der Waals surface area contributed by atoms with Crippen LogP contribution >= 0.6 is 7.92 Å². The Morgan fingerprint density at radius 3 is 1.49 bits per heavy atom. The molecule has 0 unspecified atom stereocenters. The molecular weight excluding hydrogens is 676 g/mol. The van der Waals surface area contributed by atoms with E-state index in [4.69, 9.17) is 0 Å². The second kappa shape index (κ2) is 14.4. The van der Waals surface area contributed by atoms with Gasteiger partial charge in [0.05, 0.1) is 13.6 Å². The number of rotatable bonds is 5. The molecule has 194 valence electrons. The van der Waals surface area contributed by atoms with Crippen LogP contribution in [0.3, 0.4) is 0 Å². The first-order chi connectivity index (χ1) is 18.8. The molecular formula is C35H28NOPPt. The van der Waals surface area contributed by atoms with Crippen molar-refractivity contribution in [1.82, 2.24) is 4.98 Å². The molecule has 1 N–H and O–H groups in total. The Kier molecular flexibility index (Phi) is 10.4. The van der Waals surface area contributed by atoms with Crippen molar-refractivity contribution in [2.45, 2.75) is 0 Å². The van der Waals surface area contributed by atoms with Gasteiger partial charge in [0.1, 0.15) is 21.7 Å². The van der Waals surface area contributed by atoms with Crippen molar-refractivity contribution in [3.63, 3.8) is 0 Å². The second-order valence-electron chi connectivity index (χ2n) is 8.67. The summed E-state index contributed by atoms with van der Waals surface area (Å²) in [7, 11) is -0.877. The van der Waals surface area contributed by atoms with Crippen LogP contribution in [-0.2, 0) is 21.1 Å². The van der Waals surface area contributed by atoms with E-state index in [1.54, 1.807) is 12.1 Å². The monoisotopic (exact) mass is 704 g/mol. The van der Waals surface area contributed by atoms with Gasteiger partial charge in [-0.2, -0.15) is 0 Å². The maximum atomic E-state index is 9.88. The van der Waals surface area contributed by atoms with Crippen LogP contribution in [0.25, 0.3) is 22.5 Å². The fourth-order valence-corrected chi connectivity index (χ4v) is 6.87. The van der Waals surface area contributed by atoms with Crippen LogP contribution in [0.15, 0.2) is 158 Å². The number of hydrogen-bond donors (Lipinski definition) is 1. The molecule has 1 heterocycles. The standard InChI is InChI=1S/C18H15P.C17H12NO.Pt/c1-4-10-16(11-5-1)19(17-12-6-2-7-13-17)18-14-8-3-9-15-18;19-17-12-5-4-9-14(17)16-11-6-10-15(18-16)13-7-2-1-3-8-13;/h1-15H;1-7,9-12,19H;/q;-1;/p+1. The molecule has 0 saturated carbocycles. The molecule has 6 rings (SSSR count). The summed E-state index contributed by atoms with van der Waals surface area (Å²) in [4.78, 5) is 4.58. The third-order valence-electron chi connectivity index (χ3n) is 6.10. The Hall–Kier alpha value is -3.83. The van der Waals surface area contributed by atoms with Crippen molar-refractivity contribution < 1.29 is 26.2 Å². The fourth-order valence-electron chi connectivity index (χ4n) is 4.29. The number of benzene rings is 5. The van der Waals surface area contributed by atoms with Crippen molar-refractivity contribution in [3.05, 3.63) is 164 Å². The quantitative estimate of drug-likeness (QED) is 0.154. The van der Waals surface area contributed by atoms with Gasteiger partial charge < -0.3 is 5.11 Å². The molecule has 5 aromatic carbocycles. The SMILES string of the molecule is Oc1ccccc1-c1cccc(-c2[c-]cccc2)n1.[Pt].c1ccc([PH+](c2ccccc2)c2ccccc2)cc1. The van der Waals surface area contributed by atoms with Gasteiger partial charge in [-0.3, -0.25) is 4.98 Å². The van der Waals surface area contributed by atoms with Crippen LogP contribution < -0.4 is 15.9 Å². The minimum atomic E-state index is -0.877. The molecule has 0 bridgehead atoms. The molecule has 39 heavy (non-hydrogen) atoms. The van der Waals surface area contributed by atoms with Crippen molar-refractivity contribution >= 4 is 23.8 Å². The first-order valence-corrected chi connectivity index (χ1v) is 14.1. The maximum Gasteiger partial charge on any atom is 0.124 e. The molecule has 0 saturated heterocycles. The zero-order valence-electron chi connectivity index (χ0n) is 21.2. The van der Waals surface area contributed by atoms with E-state index in [0.29, 0.717) is 0 Å². The van der Waals surface area contributed by atoms with E-state index in [2.05, 4.69) is 102 Å². The molecule has 0 aliphatic carbocycles. The Labute approximate surface area is 246 Å².